The fourth-order valence-corrected chi connectivity index (χ4v) is 0.0456. The highest BCUT2D eigenvalue weighted by Gasteiger charge is 2.26. The summed E-state index contributed by atoms with van der Waals surface area (Å²) >= 11 is 0. The second kappa shape index (κ2) is 2.18. The molecule has 0 aromatic carbocycles. The van der Waals surface area contributed by atoms with Crippen LogP contribution in [0.25, 0.3) is 0 Å². The first-order chi connectivity index (χ1) is 3.12. The summed E-state index contributed by atoms with van der Waals surface area (Å²) in [6, 6.07) is 0. The first-order valence-corrected chi connectivity index (χ1v) is 1.69. The second-order valence-electron chi connectivity index (χ2n) is 1.16. The average molecular weight is 111 g/mol. The Morgan fingerprint density at radius 2 is 2.00 bits per heavy atom. The van der Waals surface area contributed by atoms with Crippen molar-refractivity contribution >= 4 is 0 Å². The van der Waals surface area contributed by atoms with Gasteiger partial charge in [-0.2, -0.15) is 0 Å². The number of aliphatic hydroxyl groups excluding tert-OH is 1. The topological polar surface area (TPSA) is 40.1 Å². The zero-order chi connectivity index (χ0) is 5.91. The normalized spacial score (nSPS) is 12.0. The predicted molar refractivity (Wildman–Crippen MR) is 17.6 cm³/mol. The molecule has 0 aliphatic carbocycles. The van der Waals surface area contributed by atoms with Crippen LogP contribution in [0.15, 0.2) is 0 Å². The zero-order valence-corrected chi connectivity index (χ0v) is 3.53. The maximum atomic E-state index is 11.3. The molecule has 0 bridgehead atoms. The smallest absolute Gasteiger partial charge is 0.296 e. The van der Waals surface area contributed by atoms with Gasteiger partial charge in [0.1, 0.15) is 13.2 Å². The van der Waals surface area contributed by atoms with Crippen molar-refractivity contribution in [3.8, 4) is 0 Å². The van der Waals surface area contributed by atoms with Gasteiger partial charge in [0.15, 0.2) is 0 Å². The molecular formula is C3H5F2O2. The third-order valence-corrected chi connectivity index (χ3v) is 0.442. The highest BCUT2D eigenvalue weighted by Crippen LogP contribution is 2.08. The maximum Gasteiger partial charge on any atom is 0.296 e. The summed E-state index contributed by atoms with van der Waals surface area (Å²) in [4.78, 5) is 0. The van der Waals surface area contributed by atoms with Gasteiger partial charge in [-0.15, -0.1) is 0 Å². The third kappa shape index (κ3) is 2.47. The van der Waals surface area contributed by atoms with Gasteiger partial charge in [-0.25, -0.2) is 13.9 Å². The molecule has 0 spiro atoms. The number of hydrogen-bond acceptors (Lipinski definition) is 1. The molecule has 2 nitrogen and oxygen atoms in total. The molecule has 0 heterocycles. The van der Waals surface area contributed by atoms with Gasteiger partial charge in [-0.05, 0) is 0 Å². The van der Waals surface area contributed by atoms with Crippen molar-refractivity contribution in [2.75, 3.05) is 13.2 Å². The summed E-state index contributed by atoms with van der Waals surface area (Å²) in [5.41, 5.74) is 0. The van der Waals surface area contributed by atoms with Crippen LogP contribution in [0.5, 0.6) is 0 Å². The fourth-order valence-electron chi connectivity index (χ4n) is 0.0456. The molecule has 0 saturated heterocycles. The molecule has 0 aromatic rings. The lowest BCUT2D eigenvalue weighted by molar-refractivity contribution is -0.104. The summed E-state index contributed by atoms with van der Waals surface area (Å²) in [6.45, 7) is -2.89. The van der Waals surface area contributed by atoms with Crippen molar-refractivity contribution in [3.05, 3.63) is 0 Å². The van der Waals surface area contributed by atoms with Crippen LogP contribution in [-0.2, 0) is 5.11 Å². The Labute approximate surface area is 39.4 Å². The molecule has 0 aromatic heterocycles. The van der Waals surface area contributed by atoms with Crippen molar-refractivity contribution in [3.63, 3.8) is 0 Å². The van der Waals surface area contributed by atoms with Crippen LogP contribution in [0.3, 0.4) is 0 Å². The predicted octanol–water partition coefficient (Wildman–Crippen LogP) is 0.0445. The lowest BCUT2D eigenvalue weighted by Gasteiger charge is -2.04. The van der Waals surface area contributed by atoms with E-state index in [9.17, 15) is 13.9 Å². The molecule has 0 unspecified atom stereocenters. The van der Waals surface area contributed by atoms with Gasteiger partial charge in [0.25, 0.3) is 5.92 Å². The summed E-state index contributed by atoms with van der Waals surface area (Å²) < 4.78 is 22.6. The van der Waals surface area contributed by atoms with E-state index >= 15 is 0 Å². The number of alkyl halides is 2. The average Bonchev–Trinajstić information content (AvgIpc) is 1.68. The molecule has 43 valence electrons. The van der Waals surface area contributed by atoms with E-state index in [1.165, 1.54) is 0 Å². The monoisotopic (exact) mass is 111 g/mol. The second-order valence-corrected chi connectivity index (χ2v) is 1.16. The van der Waals surface area contributed by atoms with Gasteiger partial charge in [-0.3, -0.25) is 0 Å². The number of aliphatic hydroxyl groups is 1. The lowest BCUT2D eigenvalue weighted by atomic mass is 10.4. The Morgan fingerprint density at radius 3 is 2.00 bits per heavy atom. The zero-order valence-electron chi connectivity index (χ0n) is 3.53. The Balaban J connectivity index is 3.36. The summed E-state index contributed by atoms with van der Waals surface area (Å²) in [6.07, 6.45) is 0. The van der Waals surface area contributed by atoms with Crippen molar-refractivity contribution in [1.29, 1.82) is 0 Å². The molecule has 0 aliphatic rings. The number of hydrogen-bond donors (Lipinski definition) is 1. The van der Waals surface area contributed by atoms with Gasteiger partial charge >= 0.3 is 0 Å². The minimum Gasteiger partial charge on any atom is -0.390 e. The maximum absolute atomic E-state index is 11.3. The first-order valence-electron chi connectivity index (χ1n) is 1.69. The standard InChI is InChI=1S/C3H5F2O2/c4-3(5,1-6)2-7/h6H,1-2H2. The molecule has 7 heavy (non-hydrogen) atoms. The van der Waals surface area contributed by atoms with Gasteiger partial charge in [0.05, 0.1) is 0 Å². The van der Waals surface area contributed by atoms with Crippen molar-refractivity contribution in [2.24, 2.45) is 0 Å². The summed E-state index contributed by atoms with van der Waals surface area (Å²) in [5.74, 6) is -3.42. The Morgan fingerprint density at radius 1 is 1.57 bits per heavy atom. The molecular weight excluding hydrogens is 106 g/mol. The van der Waals surface area contributed by atoms with E-state index in [4.69, 9.17) is 5.11 Å². The summed E-state index contributed by atoms with van der Waals surface area (Å²) in [7, 11) is 0. The van der Waals surface area contributed by atoms with E-state index < -0.39 is 19.1 Å². The van der Waals surface area contributed by atoms with E-state index in [0.717, 1.165) is 0 Å². The molecule has 4 heteroatoms. The Hall–Kier alpha value is -0.220. The first kappa shape index (κ1) is 6.78. The summed E-state index contributed by atoms with van der Waals surface area (Å²) in [5, 5.41) is 16.9. The van der Waals surface area contributed by atoms with Crippen LogP contribution < -0.4 is 0 Å². The van der Waals surface area contributed by atoms with E-state index in [2.05, 4.69) is 0 Å². The van der Waals surface area contributed by atoms with Crippen LogP contribution in [0, 0.1) is 0 Å². The molecule has 0 aliphatic heterocycles. The van der Waals surface area contributed by atoms with E-state index in [-0.39, 0.29) is 0 Å². The van der Waals surface area contributed by atoms with Crippen LogP contribution >= 0.6 is 0 Å². The largest absolute Gasteiger partial charge is 0.390 e. The molecule has 0 amide bonds. The molecule has 1 N–H and O–H groups in total. The molecule has 0 atom stereocenters. The van der Waals surface area contributed by atoms with Gasteiger partial charge in [0.2, 0.25) is 0 Å². The molecule has 1 radical (unpaired) electrons. The quantitative estimate of drug-likeness (QED) is 0.537. The highest BCUT2D eigenvalue weighted by molar-refractivity contribution is 4.58. The van der Waals surface area contributed by atoms with E-state index in [1.807, 2.05) is 0 Å². The molecule has 0 saturated carbocycles. The highest BCUT2D eigenvalue weighted by atomic mass is 19.3. The van der Waals surface area contributed by atoms with Crippen molar-refractivity contribution < 1.29 is 19.0 Å². The number of rotatable bonds is 2. The lowest BCUT2D eigenvalue weighted by Crippen LogP contribution is -2.24. The molecule has 0 fully saturated rings. The molecule has 0 rings (SSSR count). The Bertz CT molecular complexity index is 48.9. The van der Waals surface area contributed by atoms with Gasteiger partial charge in [0, 0.05) is 0 Å². The minimum atomic E-state index is -3.42. The van der Waals surface area contributed by atoms with E-state index in [1.54, 1.807) is 0 Å². The third-order valence-electron chi connectivity index (χ3n) is 0.442. The van der Waals surface area contributed by atoms with Crippen molar-refractivity contribution in [1.82, 2.24) is 0 Å². The SMILES string of the molecule is [O]CC(F)(F)CO. The van der Waals surface area contributed by atoms with Crippen LogP contribution in [-0.4, -0.2) is 24.2 Å². The van der Waals surface area contributed by atoms with Crippen molar-refractivity contribution in [2.45, 2.75) is 5.92 Å². The van der Waals surface area contributed by atoms with Gasteiger partial charge < -0.3 is 5.11 Å². The minimum absolute atomic E-state index is 1.35. The van der Waals surface area contributed by atoms with Crippen LogP contribution in [0.1, 0.15) is 0 Å². The Kier molecular flexibility index (Phi) is 2.11. The van der Waals surface area contributed by atoms with E-state index in [0.29, 0.717) is 0 Å². The van der Waals surface area contributed by atoms with Crippen LogP contribution in [0.2, 0.25) is 0 Å². The van der Waals surface area contributed by atoms with Crippen LogP contribution in [0.4, 0.5) is 8.78 Å². The van der Waals surface area contributed by atoms with Gasteiger partial charge in [-0.1, -0.05) is 0 Å². The fraction of sp³-hybridized carbons (Fsp3) is 1.00. The number of halogens is 2.